The fourth-order valence-corrected chi connectivity index (χ4v) is 3.96. The molecular weight excluding hydrogens is 352 g/mol. The van der Waals surface area contributed by atoms with Crippen LogP contribution in [0, 0.1) is 0 Å². The van der Waals surface area contributed by atoms with E-state index >= 15 is 0 Å². The first-order valence-corrected chi connectivity index (χ1v) is 10.0. The van der Waals surface area contributed by atoms with E-state index in [4.69, 9.17) is 0 Å². The standard InChI is InChI=1S/C22H32N4O2/c1-17(2)20-8-6-18(7-9-20)15-26-11-5-10-22(28,21(26)27)16-24(3)13-19-12-23-25(4)14-19/h6-9,12,14,17,28H,5,10-11,13,15-16H2,1-4H3/t22-/m1/s1. The van der Waals surface area contributed by atoms with Crippen molar-refractivity contribution in [2.24, 2.45) is 7.05 Å². The molecule has 1 atom stereocenters. The van der Waals surface area contributed by atoms with Crippen LogP contribution in [0.15, 0.2) is 36.7 Å². The van der Waals surface area contributed by atoms with Crippen molar-refractivity contribution < 1.29 is 9.90 Å². The molecule has 0 spiro atoms. The van der Waals surface area contributed by atoms with Gasteiger partial charge in [-0.25, -0.2) is 0 Å². The number of hydrogen-bond donors (Lipinski definition) is 1. The monoisotopic (exact) mass is 384 g/mol. The van der Waals surface area contributed by atoms with E-state index in [1.54, 1.807) is 9.58 Å². The van der Waals surface area contributed by atoms with Gasteiger partial charge in [0.15, 0.2) is 5.60 Å². The molecule has 2 heterocycles. The van der Waals surface area contributed by atoms with Gasteiger partial charge in [0.25, 0.3) is 5.91 Å². The quantitative estimate of drug-likeness (QED) is 0.797. The minimum atomic E-state index is -1.33. The van der Waals surface area contributed by atoms with Crippen molar-refractivity contribution in [3.05, 3.63) is 53.3 Å². The lowest BCUT2D eigenvalue weighted by molar-refractivity contribution is -0.160. The highest BCUT2D eigenvalue weighted by Gasteiger charge is 2.42. The third kappa shape index (κ3) is 4.80. The van der Waals surface area contributed by atoms with Crippen molar-refractivity contribution >= 4 is 5.91 Å². The number of carbonyl (C=O) groups excluding carboxylic acids is 1. The molecule has 0 saturated carbocycles. The Bertz CT molecular complexity index is 799. The molecule has 1 saturated heterocycles. The fourth-order valence-electron chi connectivity index (χ4n) is 3.96. The maximum Gasteiger partial charge on any atom is 0.256 e. The summed E-state index contributed by atoms with van der Waals surface area (Å²) < 4.78 is 1.76. The SMILES string of the molecule is CC(C)c1ccc(CN2CCC[C@@](O)(CN(C)Cc3cnn(C)c3)C2=O)cc1. The number of amides is 1. The Hall–Kier alpha value is -2.18. The van der Waals surface area contributed by atoms with E-state index in [9.17, 15) is 9.90 Å². The molecule has 3 rings (SSSR count). The number of aliphatic hydroxyl groups is 1. The summed E-state index contributed by atoms with van der Waals surface area (Å²) in [5.74, 6) is 0.329. The molecule has 1 aliphatic heterocycles. The second-order valence-electron chi connectivity index (χ2n) is 8.45. The van der Waals surface area contributed by atoms with Crippen LogP contribution < -0.4 is 0 Å². The van der Waals surface area contributed by atoms with Crippen molar-refractivity contribution in [2.75, 3.05) is 20.1 Å². The molecule has 28 heavy (non-hydrogen) atoms. The molecule has 0 radical (unpaired) electrons. The molecule has 1 N–H and O–H groups in total. The lowest BCUT2D eigenvalue weighted by Crippen LogP contribution is -2.57. The maximum absolute atomic E-state index is 13.1. The van der Waals surface area contributed by atoms with Gasteiger partial charge in [0.1, 0.15) is 0 Å². The molecule has 6 heteroatoms. The number of aryl methyl sites for hydroxylation is 1. The molecule has 0 aliphatic carbocycles. The summed E-state index contributed by atoms with van der Waals surface area (Å²) in [7, 11) is 3.81. The van der Waals surface area contributed by atoms with Gasteiger partial charge in [-0.15, -0.1) is 0 Å². The Morgan fingerprint density at radius 3 is 2.57 bits per heavy atom. The zero-order valence-corrected chi connectivity index (χ0v) is 17.4. The van der Waals surface area contributed by atoms with Crippen molar-refractivity contribution in [3.63, 3.8) is 0 Å². The molecule has 1 aromatic heterocycles. The van der Waals surface area contributed by atoms with Crippen LogP contribution in [0.2, 0.25) is 0 Å². The topological polar surface area (TPSA) is 61.6 Å². The first kappa shape index (κ1) is 20.6. The van der Waals surface area contributed by atoms with Crippen LogP contribution in [-0.2, 0) is 24.9 Å². The third-order valence-electron chi connectivity index (χ3n) is 5.47. The largest absolute Gasteiger partial charge is 0.379 e. The Labute approximate surface area is 167 Å². The van der Waals surface area contributed by atoms with Gasteiger partial charge in [-0.05, 0) is 36.9 Å². The van der Waals surface area contributed by atoms with Gasteiger partial charge < -0.3 is 10.0 Å². The van der Waals surface area contributed by atoms with E-state index in [2.05, 4.69) is 43.2 Å². The van der Waals surface area contributed by atoms with Gasteiger partial charge in [-0.2, -0.15) is 5.10 Å². The predicted molar refractivity (Wildman–Crippen MR) is 110 cm³/mol. The number of piperidine rings is 1. The lowest BCUT2D eigenvalue weighted by Gasteiger charge is -2.40. The molecule has 1 aliphatic rings. The van der Waals surface area contributed by atoms with Gasteiger partial charge in [-0.1, -0.05) is 38.1 Å². The molecule has 152 valence electrons. The number of likely N-dealkylation sites (N-methyl/N-ethyl adjacent to an activating group) is 1. The average Bonchev–Trinajstić information content (AvgIpc) is 3.04. The van der Waals surface area contributed by atoms with E-state index in [1.807, 2.05) is 31.4 Å². The molecule has 1 aromatic carbocycles. The minimum absolute atomic E-state index is 0.162. The Morgan fingerprint density at radius 2 is 1.96 bits per heavy atom. The zero-order chi connectivity index (χ0) is 20.3. The smallest absolute Gasteiger partial charge is 0.256 e. The molecule has 0 unspecified atom stereocenters. The summed E-state index contributed by atoms with van der Waals surface area (Å²) in [6.45, 7) is 6.56. The van der Waals surface area contributed by atoms with Gasteiger partial charge >= 0.3 is 0 Å². The summed E-state index contributed by atoms with van der Waals surface area (Å²) in [6.07, 6.45) is 5.09. The van der Waals surface area contributed by atoms with Crippen LogP contribution in [0.1, 0.15) is 49.3 Å². The summed E-state index contributed by atoms with van der Waals surface area (Å²) >= 11 is 0. The second-order valence-corrected chi connectivity index (χ2v) is 8.45. The van der Waals surface area contributed by atoms with E-state index in [1.165, 1.54) is 5.56 Å². The van der Waals surface area contributed by atoms with E-state index < -0.39 is 5.60 Å². The van der Waals surface area contributed by atoms with Crippen LogP contribution in [0.25, 0.3) is 0 Å². The van der Waals surface area contributed by atoms with Crippen molar-refractivity contribution in [1.82, 2.24) is 19.6 Å². The summed E-state index contributed by atoms with van der Waals surface area (Å²) in [4.78, 5) is 16.8. The van der Waals surface area contributed by atoms with E-state index in [0.29, 0.717) is 38.5 Å². The Balaban J connectivity index is 1.63. The highest BCUT2D eigenvalue weighted by Crippen LogP contribution is 2.26. The van der Waals surface area contributed by atoms with Crippen LogP contribution >= 0.6 is 0 Å². The summed E-state index contributed by atoms with van der Waals surface area (Å²) in [6, 6.07) is 8.43. The van der Waals surface area contributed by atoms with Gasteiger partial charge in [0.05, 0.1) is 6.20 Å². The first-order valence-electron chi connectivity index (χ1n) is 10.0. The van der Waals surface area contributed by atoms with E-state index in [0.717, 1.165) is 17.5 Å². The third-order valence-corrected chi connectivity index (χ3v) is 5.47. The summed E-state index contributed by atoms with van der Waals surface area (Å²) in [5, 5.41) is 15.3. The van der Waals surface area contributed by atoms with Gasteiger partial charge in [0, 0.05) is 45.0 Å². The van der Waals surface area contributed by atoms with Gasteiger partial charge in [0.2, 0.25) is 0 Å². The number of rotatable bonds is 7. The number of hydrogen-bond acceptors (Lipinski definition) is 4. The second kappa shape index (κ2) is 8.45. The highest BCUT2D eigenvalue weighted by molar-refractivity contribution is 5.86. The first-order chi connectivity index (χ1) is 13.3. The number of carbonyl (C=O) groups is 1. The predicted octanol–water partition coefficient (Wildman–Crippen LogP) is 2.53. The minimum Gasteiger partial charge on any atom is -0.379 e. The lowest BCUT2D eigenvalue weighted by atomic mass is 9.90. The maximum atomic E-state index is 13.1. The average molecular weight is 385 g/mol. The zero-order valence-electron chi connectivity index (χ0n) is 17.4. The molecule has 1 fully saturated rings. The fraction of sp³-hybridized carbons (Fsp3) is 0.545. The summed E-state index contributed by atoms with van der Waals surface area (Å²) in [5.41, 5.74) is 2.14. The number of nitrogens with zero attached hydrogens (tertiary/aromatic N) is 4. The van der Waals surface area contributed by atoms with Crippen molar-refractivity contribution in [1.29, 1.82) is 0 Å². The van der Waals surface area contributed by atoms with Crippen LogP contribution in [-0.4, -0.2) is 56.3 Å². The number of aromatic nitrogens is 2. The van der Waals surface area contributed by atoms with Crippen molar-refractivity contribution in [3.8, 4) is 0 Å². The number of benzene rings is 1. The Kier molecular flexibility index (Phi) is 6.20. The molecule has 1 amide bonds. The molecule has 2 aromatic rings. The molecule has 6 nitrogen and oxygen atoms in total. The number of likely N-dealkylation sites (tertiary alicyclic amines) is 1. The van der Waals surface area contributed by atoms with Crippen LogP contribution in [0.5, 0.6) is 0 Å². The molecule has 0 bridgehead atoms. The normalized spacial score (nSPS) is 20.4. The van der Waals surface area contributed by atoms with E-state index in [-0.39, 0.29) is 5.91 Å². The van der Waals surface area contributed by atoms with Crippen molar-refractivity contribution in [2.45, 2.75) is 51.3 Å². The van der Waals surface area contributed by atoms with Gasteiger partial charge in [-0.3, -0.25) is 14.4 Å². The van der Waals surface area contributed by atoms with Crippen LogP contribution in [0.4, 0.5) is 0 Å². The molecular formula is C22H32N4O2. The van der Waals surface area contributed by atoms with Crippen LogP contribution in [0.3, 0.4) is 0 Å². The Morgan fingerprint density at radius 1 is 1.25 bits per heavy atom. The highest BCUT2D eigenvalue weighted by atomic mass is 16.3.